The fourth-order valence-corrected chi connectivity index (χ4v) is 3.49. The van der Waals surface area contributed by atoms with Crippen LogP contribution in [0.2, 0.25) is 0 Å². The molecule has 1 atom stereocenters. The average molecular weight is 342 g/mol. The largest absolute Gasteiger partial charge is 0.306 e. The van der Waals surface area contributed by atoms with Crippen LogP contribution in [-0.2, 0) is 0 Å². The van der Waals surface area contributed by atoms with Gasteiger partial charge in [-0.1, -0.05) is 22.9 Å². The lowest BCUT2D eigenvalue weighted by atomic mass is 10.1. The van der Waals surface area contributed by atoms with Crippen LogP contribution in [0, 0.1) is 12.7 Å². The Kier molecular flexibility index (Phi) is 5.13. The van der Waals surface area contributed by atoms with E-state index in [2.05, 4.69) is 47.2 Å². The molecule has 102 valence electrons. The molecule has 0 bridgehead atoms. The molecule has 0 fully saturated rings. The molecule has 0 aliphatic heterocycles. The second-order valence-corrected chi connectivity index (χ2v) is 6.77. The molecule has 2 aromatic rings. The Morgan fingerprint density at radius 3 is 2.68 bits per heavy atom. The third-order valence-corrected chi connectivity index (χ3v) is 4.39. The van der Waals surface area contributed by atoms with Crippen LogP contribution in [0.3, 0.4) is 0 Å². The van der Waals surface area contributed by atoms with E-state index >= 15 is 0 Å². The van der Waals surface area contributed by atoms with Gasteiger partial charge in [-0.25, -0.2) is 4.39 Å². The van der Waals surface area contributed by atoms with Gasteiger partial charge >= 0.3 is 0 Å². The standard InChI is InChI=1S/C15H17BrFNS/c1-3-6-18-15(14-5-4-10(2)19-14)11-7-12(16)9-13(17)8-11/h4-5,7-9,15,18H,3,6H2,1-2H3. The van der Waals surface area contributed by atoms with Crippen LogP contribution in [0.4, 0.5) is 4.39 Å². The number of halogens is 2. The number of hydrogen-bond acceptors (Lipinski definition) is 2. The lowest BCUT2D eigenvalue weighted by Gasteiger charge is -2.18. The van der Waals surface area contributed by atoms with Crippen molar-refractivity contribution in [2.45, 2.75) is 26.3 Å². The summed E-state index contributed by atoms with van der Waals surface area (Å²) < 4.78 is 14.4. The summed E-state index contributed by atoms with van der Waals surface area (Å²) in [5.41, 5.74) is 0.960. The number of aryl methyl sites for hydroxylation is 1. The van der Waals surface area contributed by atoms with Crippen LogP contribution < -0.4 is 5.32 Å². The molecule has 1 unspecified atom stereocenters. The minimum absolute atomic E-state index is 0.0608. The molecule has 0 saturated carbocycles. The highest BCUT2D eigenvalue weighted by Crippen LogP contribution is 2.30. The summed E-state index contributed by atoms with van der Waals surface area (Å²) in [5.74, 6) is -0.207. The molecular formula is C15H17BrFNS. The number of benzene rings is 1. The molecule has 19 heavy (non-hydrogen) atoms. The van der Waals surface area contributed by atoms with Gasteiger partial charge in [-0.2, -0.15) is 0 Å². The molecule has 0 saturated heterocycles. The Morgan fingerprint density at radius 1 is 1.32 bits per heavy atom. The molecule has 0 amide bonds. The van der Waals surface area contributed by atoms with Crippen LogP contribution in [0.5, 0.6) is 0 Å². The Labute approximate surface area is 126 Å². The summed E-state index contributed by atoms with van der Waals surface area (Å²) in [6, 6.07) is 9.35. The molecule has 0 spiro atoms. The molecule has 4 heteroatoms. The van der Waals surface area contributed by atoms with E-state index in [1.807, 2.05) is 6.07 Å². The zero-order valence-electron chi connectivity index (χ0n) is 11.0. The van der Waals surface area contributed by atoms with Gasteiger partial charge in [0.1, 0.15) is 5.82 Å². The van der Waals surface area contributed by atoms with Crippen molar-refractivity contribution in [2.75, 3.05) is 6.54 Å². The molecule has 2 rings (SSSR count). The maximum absolute atomic E-state index is 13.6. The molecule has 1 heterocycles. The Hall–Kier alpha value is -0.710. The zero-order chi connectivity index (χ0) is 13.8. The first-order chi connectivity index (χ1) is 9.10. The summed E-state index contributed by atoms with van der Waals surface area (Å²) >= 11 is 5.12. The van der Waals surface area contributed by atoms with Gasteiger partial charge in [-0.3, -0.25) is 0 Å². The van der Waals surface area contributed by atoms with Gasteiger partial charge in [0.2, 0.25) is 0 Å². The summed E-state index contributed by atoms with van der Waals surface area (Å²) in [7, 11) is 0. The second kappa shape index (κ2) is 6.64. The predicted molar refractivity (Wildman–Crippen MR) is 83.3 cm³/mol. The van der Waals surface area contributed by atoms with E-state index in [0.29, 0.717) is 0 Å². The smallest absolute Gasteiger partial charge is 0.124 e. The quantitative estimate of drug-likeness (QED) is 0.802. The van der Waals surface area contributed by atoms with Crippen molar-refractivity contribution in [2.24, 2.45) is 0 Å². The van der Waals surface area contributed by atoms with E-state index in [9.17, 15) is 4.39 Å². The first-order valence-electron chi connectivity index (χ1n) is 6.36. The van der Waals surface area contributed by atoms with E-state index in [4.69, 9.17) is 0 Å². The lowest BCUT2D eigenvalue weighted by Crippen LogP contribution is -2.22. The normalized spacial score (nSPS) is 12.6. The van der Waals surface area contributed by atoms with Crippen molar-refractivity contribution < 1.29 is 4.39 Å². The third kappa shape index (κ3) is 3.88. The first-order valence-corrected chi connectivity index (χ1v) is 7.97. The number of nitrogens with one attached hydrogen (secondary N) is 1. The Morgan fingerprint density at radius 2 is 2.11 bits per heavy atom. The topological polar surface area (TPSA) is 12.0 Å². The average Bonchev–Trinajstić information content (AvgIpc) is 2.75. The van der Waals surface area contributed by atoms with Crippen LogP contribution in [0.15, 0.2) is 34.8 Å². The minimum atomic E-state index is -0.207. The van der Waals surface area contributed by atoms with E-state index in [1.54, 1.807) is 17.4 Å². The van der Waals surface area contributed by atoms with Gasteiger partial charge in [-0.15, -0.1) is 11.3 Å². The Balaban J connectivity index is 2.36. The third-order valence-electron chi connectivity index (χ3n) is 2.86. The van der Waals surface area contributed by atoms with Crippen LogP contribution >= 0.6 is 27.3 Å². The van der Waals surface area contributed by atoms with E-state index < -0.39 is 0 Å². The molecule has 1 N–H and O–H groups in total. The highest BCUT2D eigenvalue weighted by Gasteiger charge is 2.16. The van der Waals surface area contributed by atoms with Crippen molar-refractivity contribution in [1.29, 1.82) is 0 Å². The number of thiophene rings is 1. The first kappa shape index (κ1) is 14.7. The molecule has 1 aromatic carbocycles. The van der Waals surface area contributed by atoms with Crippen LogP contribution in [0.1, 0.15) is 34.7 Å². The molecule has 0 aliphatic rings. The maximum Gasteiger partial charge on any atom is 0.124 e. The van der Waals surface area contributed by atoms with Crippen molar-refractivity contribution in [3.63, 3.8) is 0 Å². The molecule has 1 aromatic heterocycles. The predicted octanol–water partition coefficient (Wildman–Crippen LogP) is 5.05. The molecule has 0 aliphatic carbocycles. The maximum atomic E-state index is 13.6. The highest BCUT2D eigenvalue weighted by atomic mass is 79.9. The van der Waals surface area contributed by atoms with Gasteiger partial charge in [0.15, 0.2) is 0 Å². The fourth-order valence-electron chi connectivity index (χ4n) is 2.02. The second-order valence-electron chi connectivity index (χ2n) is 4.54. The van der Waals surface area contributed by atoms with Gasteiger partial charge in [0, 0.05) is 14.2 Å². The summed E-state index contributed by atoms with van der Waals surface area (Å²) in [6.45, 7) is 5.13. The van der Waals surface area contributed by atoms with Crippen molar-refractivity contribution in [1.82, 2.24) is 5.32 Å². The van der Waals surface area contributed by atoms with Crippen molar-refractivity contribution in [3.8, 4) is 0 Å². The summed E-state index contributed by atoms with van der Waals surface area (Å²) in [5, 5.41) is 3.49. The van der Waals surface area contributed by atoms with Gasteiger partial charge < -0.3 is 5.32 Å². The Bertz CT molecular complexity index is 533. The number of rotatable bonds is 5. The van der Waals surface area contributed by atoms with Gasteiger partial charge in [0.25, 0.3) is 0 Å². The van der Waals surface area contributed by atoms with E-state index in [0.717, 1.165) is 23.0 Å². The minimum Gasteiger partial charge on any atom is -0.306 e. The lowest BCUT2D eigenvalue weighted by molar-refractivity contribution is 0.590. The van der Waals surface area contributed by atoms with Crippen molar-refractivity contribution in [3.05, 3.63) is 55.9 Å². The van der Waals surface area contributed by atoms with E-state index in [1.165, 1.54) is 15.8 Å². The SMILES string of the molecule is CCCNC(c1cc(F)cc(Br)c1)c1ccc(C)s1. The van der Waals surface area contributed by atoms with Gasteiger partial charge in [0.05, 0.1) is 6.04 Å². The molecule has 0 radical (unpaired) electrons. The van der Waals surface area contributed by atoms with Gasteiger partial charge in [-0.05, 0) is 55.8 Å². The summed E-state index contributed by atoms with van der Waals surface area (Å²) in [4.78, 5) is 2.50. The number of hydrogen-bond donors (Lipinski definition) is 1. The van der Waals surface area contributed by atoms with E-state index in [-0.39, 0.29) is 11.9 Å². The van der Waals surface area contributed by atoms with Crippen molar-refractivity contribution >= 4 is 27.3 Å². The monoisotopic (exact) mass is 341 g/mol. The highest BCUT2D eigenvalue weighted by molar-refractivity contribution is 9.10. The fraction of sp³-hybridized carbons (Fsp3) is 0.333. The molecular weight excluding hydrogens is 325 g/mol. The molecule has 1 nitrogen and oxygen atoms in total. The summed E-state index contributed by atoms with van der Waals surface area (Å²) in [6.07, 6.45) is 1.05. The van der Waals surface area contributed by atoms with Crippen LogP contribution in [0.25, 0.3) is 0 Å². The van der Waals surface area contributed by atoms with Crippen LogP contribution in [-0.4, -0.2) is 6.54 Å². The zero-order valence-corrected chi connectivity index (χ0v) is 13.4.